The molecule has 0 fully saturated rings. The number of hydrogen-bond acceptors (Lipinski definition) is 3. The van der Waals surface area contributed by atoms with Crippen molar-refractivity contribution in [1.29, 1.82) is 0 Å². The number of benzene rings is 1. The van der Waals surface area contributed by atoms with Gasteiger partial charge in [-0.15, -0.1) is 0 Å². The predicted octanol–water partition coefficient (Wildman–Crippen LogP) is 3.45. The smallest absolute Gasteiger partial charge is 0.201 e. The number of rotatable bonds is 5. The van der Waals surface area contributed by atoms with Gasteiger partial charge in [0.2, 0.25) is 5.95 Å². The Hall–Kier alpha value is -1.71. The Labute approximate surface area is 114 Å². The molecule has 0 aliphatic carbocycles. The van der Waals surface area contributed by atoms with E-state index >= 15 is 0 Å². The quantitative estimate of drug-likeness (QED) is 0.896. The van der Waals surface area contributed by atoms with Gasteiger partial charge in [0.05, 0.1) is 12.1 Å². The van der Waals surface area contributed by atoms with Crippen LogP contribution in [0.25, 0.3) is 11.0 Å². The van der Waals surface area contributed by atoms with E-state index in [9.17, 15) is 0 Å². The molecular weight excluding hydrogens is 238 g/mol. The molecule has 0 amide bonds. The van der Waals surface area contributed by atoms with Gasteiger partial charge in [0.25, 0.3) is 0 Å². The molecule has 2 rings (SSSR count). The maximum absolute atomic E-state index is 6.08. The minimum Gasteiger partial charge on any atom is -0.492 e. The van der Waals surface area contributed by atoms with Crippen LogP contribution in [-0.4, -0.2) is 16.2 Å². The summed E-state index contributed by atoms with van der Waals surface area (Å²) in [6.07, 6.45) is 1.09. The zero-order valence-corrected chi connectivity index (χ0v) is 12.2. The second kappa shape index (κ2) is 5.11. The number of nitrogens with zero attached hydrogens (tertiary/aromatic N) is 2. The van der Waals surface area contributed by atoms with Gasteiger partial charge < -0.3 is 15.0 Å². The number of imidazole rings is 1. The van der Waals surface area contributed by atoms with Crippen molar-refractivity contribution in [1.82, 2.24) is 9.55 Å². The largest absolute Gasteiger partial charge is 0.492 e. The summed E-state index contributed by atoms with van der Waals surface area (Å²) in [5.41, 5.74) is 8.18. The molecule has 19 heavy (non-hydrogen) atoms. The summed E-state index contributed by atoms with van der Waals surface area (Å²) in [5, 5.41) is 0. The van der Waals surface area contributed by atoms with Gasteiger partial charge in [0, 0.05) is 6.54 Å². The first-order valence-electron chi connectivity index (χ1n) is 6.86. The van der Waals surface area contributed by atoms with Gasteiger partial charge in [0.1, 0.15) is 11.3 Å². The molecule has 0 radical (unpaired) electrons. The van der Waals surface area contributed by atoms with Crippen LogP contribution < -0.4 is 10.5 Å². The maximum atomic E-state index is 6.08. The maximum Gasteiger partial charge on any atom is 0.201 e. The van der Waals surface area contributed by atoms with Crippen LogP contribution in [-0.2, 0) is 6.54 Å². The molecule has 1 heterocycles. The van der Waals surface area contributed by atoms with E-state index in [1.54, 1.807) is 0 Å². The number of nitrogen functional groups attached to an aromatic ring is 1. The number of fused-ring (bicyclic) bond motifs is 1. The molecule has 0 atom stereocenters. The fraction of sp³-hybridized carbons (Fsp3) is 0.533. The van der Waals surface area contributed by atoms with Crippen molar-refractivity contribution in [3.63, 3.8) is 0 Å². The molecule has 0 bridgehead atoms. The molecule has 0 aliphatic rings. The minimum absolute atomic E-state index is 0.198. The second-order valence-electron chi connectivity index (χ2n) is 5.63. The zero-order chi connectivity index (χ0) is 14.0. The summed E-state index contributed by atoms with van der Waals surface area (Å²) in [6.45, 7) is 10.1. The SMILES string of the molecule is CCOc1cccc2c1nc(N)n2CC(C)(C)CC. The summed E-state index contributed by atoms with van der Waals surface area (Å²) >= 11 is 0. The van der Waals surface area contributed by atoms with Crippen molar-refractivity contribution >= 4 is 17.0 Å². The first-order chi connectivity index (χ1) is 8.98. The lowest BCUT2D eigenvalue weighted by Gasteiger charge is -2.24. The summed E-state index contributed by atoms with van der Waals surface area (Å²) in [7, 11) is 0. The van der Waals surface area contributed by atoms with E-state index < -0.39 is 0 Å². The van der Waals surface area contributed by atoms with E-state index in [0.717, 1.165) is 29.7 Å². The average molecular weight is 261 g/mol. The van der Waals surface area contributed by atoms with Gasteiger partial charge in [-0.05, 0) is 30.9 Å². The van der Waals surface area contributed by atoms with E-state index in [4.69, 9.17) is 10.5 Å². The number of hydrogen-bond donors (Lipinski definition) is 1. The van der Waals surface area contributed by atoms with Crippen LogP contribution in [0.4, 0.5) is 5.95 Å². The minimum atomic E-state index is 0.198. The summed E-state index contributed by atoms with van der Waals surface area (Å²) in [6, 6.07) is 5.98. The predicted molar refractivity (Wildman–Crippen MR) is 79.4 cm³/mol. The molecule has 2 N–H and O–H groups in total. The van der Waals surface area contributed by atoms with Crippen molar-refractivity contribution in [2.24, 2.45) is 5.41 Å². The Morgan fingerprint density at radius 1 is 1.32 bits per heavy atom. The van der Waals surface area contributed by atoms with Crippen molar-refractivity contribution < 1.29 is 4.74 Å². The molecule has 0 saturated carbocycles. The highest BCUT2D eigenvalue weighted by molar-refractivity contribution is 5.84. The third kappa shape index (κ3) is 2.67. The molecule has 1 aromatic carbocycles. The standard InChI is InChI=1S/C15H23N3O/c1-5-15(3,4)10-18-11-8-7-9-12(19-6-2)13(11)17-14(18)16/h7-9H,5-6,10H2,1-4H3,(H2,16,17). The van der Waals surface area contributed by atoms with Gasteiger partial charge in [-0.1, -0.05) is 26.8 Å². The fourth-order valence-electron chi connectivity index (χ4n) is 2.12. The highest BCUT2D eigenvalue weighted by Gasteiger charge is 2.20. The van der Waals surface area contributed by atoms with E-state index in [0.29, 0.717) is 12.6 Å². The summed E-state index contributed by atoms with van der Waals surface area (Å²) in [5.74, 6) is 1.36. The monoisotopic (exact) mass is 261 g/mol. The molecule has 4 nitrogen and oxygen atoms in total. The average Bonchev–Trinajstić information content (AvgIpc) is 2.68. The lowest BCUT2D eigenvalue weighted by molar-refractivity contribution is 0.300. The fourth-order valence-corrected chi connectivity index (χ4v) is 2.12. The van der Waals surface area contributed by atoms with E-state index in [1.807, 2.05) is 25.1 Å². The highest BCUT2D eigenvalue weighted by Crippen LogP contribution is 2.31. The van der Waals surface area contributed by atoms with Crippen molar-refractivity contribution in [2.45, 2.75) is 40.7 Å². The Kier molecular flexibility index (Phi) is 3.69. The zero-order valence-electron chi connectivity index (χ0n) is 12.2. The second-order valence-corrected chi connectivity index (χ2v) is 5.63. The molecule has 104 valence electrons. The van der Waals surface area contributed by atoms with Crippen LogP contribution in [0.1, 0.15) is 34.1 Å². The van der Waals surface area contributed by atoms with Crippen molar-refractivity contribution in [3.05, 3.63) is 18.2 Å². The van der Waals surface area contributed by atoms with Gasteiger partial charge >= 0.3 is 0 Å². The van der Waals surface area contributed by atoms with Crippen LogP contribution >= 0.6 is 0 Å². The molecular formula is C15H23N3O. The number of anilines is 1. The van der Waals surface area contributed by atoms with E-state index in [2.05, 4.69) is 30.3 Å². The molecule has 0 saturated heterocycles. The van der Waals surface area contributed by atoms with E-state index in [1.165, 1.54) is 0 Å². The molecule has 4 heteroatoms. The summed E-state index contributed by atoms with van der Waals surface area (Å²) < 4.78 is 7.70. The third-order valence-electron chi connectivity index (χ3n) is 3.61. The van der Waals surface area contributed by atoms with Crippen LogP contribution in [0.15, 0.2) is 18.2 Å². The van der Waals surface area contributed by atoms with Crippen LogP contribution in [0.3, 0.4) is 0 Å². The topological polar surface area (TPSA) is 53.1 Å². The Bertz CT molecular complexity index is 572. The Morgan fingerprint density at radius 3 is 2.68 bits per heavy atom. The summed E-state index contributed by atoms with van der Waals surface area (Å²) in [4.78, 5) is 4.47. The lowest BCUT2D eigenvalue weighted by atomic mass is 9.90. The number of ether oxygens (including phenoxy) is 1. The van der Waals surface area contributed by atoms with E-state index in [-0.39, 0.29) is 5.41 Å². The Balaban J connectivity index is 2.50. The van der Waals surface area contributed by atoms with Gasteiger partial charge in [-0.3, -0.25) is 0 Å². The lowest BCUT2D eigenvalue weighted by Crippen LogP contribution is -2.19. The van der Waals surface area contributed by atoms with Crippen LogP contribution in [0.2, 0.25) is 0 Å². The van der Waals surface area contributed by atoms with Gasteiger partial charge in [-0.2, -0.15) is 0 Å². The molecule has 0 aliphatic heterocycles. The number of para-hydroxylation sites is 1. The van der Waals surface area contributed by atoms with Gasteiger partial charge in [-0.25, -0.2) is 4.98 Å². The van der Waals surface area contributed by atoms with Crippen molar-refractivity contribution in [3.8, 4) is 5.75 Å². The first-order valence-corrected chi connectivity index (χ1v) is 6.86. The molecule has 1 aromatic heterocycles. The highest BCUT2D eigenvalue weighted by atomic mass is 16.5. The number of nitrogens with two attached hydrogens (primary N) is 1. The normalized spacial score (nSPS) is 12.0. The number of aromatic nitrogens is 2. The molecule has 0 unspecified atom stereocenters. The third-order valence-corrected chi connectivity index (χ3v) is 3.61. The first kappa shape index (κ1) is 13.7. The van der Waals surface area contributed by atoms with Gasteiger partial charge in [0.15, 0.2) is 0 Å². The molecule has 2 aromatic rings. The Morgan fingerprint density at radius 2 is 2.05 bits per heavy atom. The van der Waals surface area contributed by atoms with Crippen molar-refractivity contribution in [2.75, 3.05) is 12.3 Å². The van der Waals surface area contributed by atoms with Crippen LogP contribution in [0.5, 0.6) is 5.75 Å². The van der Waals surface area contributed by atoms with Crippen LogP contribution in [0, 0.1) is 5.41 Å². The molecule has 0 spiro atoms.